The van der Waals surface area contributed by atoms with E-state index in [-0.39, 0.29) is 11.9 Å². The SMILES string of the molecule is Cc1cc(CN(C)C(=O)c2ccnn2C(C)C)n[nH]1. The van der Waals surface area contributed by atoms with Gasteiger partial charge in [-0.05, 0) is 32.9 Å². The second kappa shape index (κ2) is 5.26. The van der Waals surface area contributed by atoms with Gasteiger partial charge in [-0.15, -0.1) is 0 Å². The Morgan fingerprint density at radius 1 is 1.53 bits per heavy atom. The van der Waals surface area contributed by atoms with Crippen LogP contribution in [0.1, 0.15) is 41.8 Å². The van der Waals surface area contributed by atoms with Gasteiger partial charge in [0.2, 0.25) is 0 Å². The van der Waals surface area contributed by atoms with Crippen molar-refractivity contribution in [3.05, 3.63) is 35.4 Å². The Bertz CT molecular complexity index is 569. The average Bonchev–Trinajstić information content (AvgIpc) is 2.97. The summed E-state index contributed by atoms with van der Waals surface area (Å²) in [6.45, 7) is 6.42. The molecule has 2 aromatic heterocycles. The van der Waals surface area contributed by atoms with E-state index < -0.39 is 0 Å². The molecule has 0 saturated carbocycles. The highest BCUT2D eigenvalue weighted by atomic mass is 16.2. The summed E-state index contributed by atoms with van der Waals surface area (Å²) in [5, 5.41) is 11.2. The van der Waals surface area contributed by atoms with Crippen molar-refractivity contribution in [2.75, 3.05) is 7.05 Å². The minimum atomic E-state index is -0.0492. The molecule has 2 heterocycles. The summed E-state index contributed by atoms with van der Waals surface area (Å²) in [5.74, 6) is -0.0492. The van der Waals surface area contributed by atoms with E-state index in [1.165, 1.54) is 0 Å². The summed E-state index contributed by atoms with van der Waals surface area (Å²) in [5.41, 5.74) is 2.44. The summed E-state index contributed by atoms with van der Waals surface area (Å²) >= 11 is 0. The number of carbonyl (C=O) groups excluding carboxylic acids is 1. The molecule has 0 saturated heterocycles. The maximum Gasteiger partial charge on any atom is 0.272 e. The number of hydrogen-bond donors (Lipinski definition) is 1. The zero-order valence-electron chi connectivity index (χ0n) is 11.7. The lowest BCUT2D eigenvalue weighted by Gasteiger charge is -2.17. The van der Waals surface area contributed by atoms with Gasteiger partial charge in [-0.1, -0.05) is 0 Å². The molecule has 0 aromatic carbocycles. The molecule has 0 fully saturated rings. The third-order valence-electron chi connectivity index (χ3n) is 2.88. The maximum atomic E-state index is 12.4. The fourth-order valence-corrected chi connectivity index (χ4v) is 1.96. The summed E-state index contributed by atoms with van der Waals surface area (Å²) in [7, 11) is 1.77. The molecule has 0 aliphatic carbocycles. The van der Waals surface area contributed by atoms with Crippen molar-refractivity contribution in [3.63, 3.8) is 0 Å². The molecule has 102 valence electrons. The lowest BCUT2D eigenvalue weighted by Crippen LogP contribution is -2.29. The van der Waals surface area contributed by atoms with Crippen molar-refractivity contribution in [2.45, 2.75) is 33.4 Å². The molecule has 0 unspecified atom stereocenters. The minimum Gasteiger partial charge on any atom is -0.334 e. The third-order valence-corrected chi connectivity index (χ3v) is 2.88. The Kier molecular flexibility index (Phi) is 3.69. The molecule has 2 aromatic rings. The first kappa shape index (κ1) is 13.3. The van der Waals surface area contributed by atoms with Gasteiger partial charge in [-0.25, -0.2) is 0 Å². The number of nitrogens with one attached hydrogen (secondary N) is 1. The Balaban J connectivity index is 2.12. The zero-order valence-corrected chi connectivity index (χ0v) is 11.7. The van der Waals surface area contributed by atoms with Crippen molar-refractivity contribution in [1.29, 1.82) is 0 Å². The Morgan fingerprint density at radius 3 is 2.84 bits per heavy atom. The highest BCUT2D eigenvalue weighted by molar-refractivity contribution is 5.92. The van der Waals surface area contributed by atoms with Gasteiger partial charge in [-0.2, -0.15) is 10.2 Å². The lowest BCUT2D eigenvalue weighted by atomic mass is 10.3. The Morgan fingerprint density at radius 2 is 2.26 bits per heavy atom. The van der Waals surface area contributed by atoms with E-state index in [0.29, 0.717) is 12.2 Å². The standard InChI is InChI=1S/C13H19N5O/c1-9(2)18-12(5-6-14-18)13(19)17(4)8-11-7-10(3)15-16-11/h5-7,9H,8H2,1-4H3,(H,15,16). The first-order chi connectivity index (χ1) is 8.99. The van der Waals surface area contributed by atoms with E-state index in [1.807, 2.05) is 26.8 Å². The molecule has 6 heteroatoms. The van der Waals surface area contributed by atoms with Crippen LogP contribution in [-0.2, 0) is 6.54 Å². The number of nitrogens with zero attached hydrogens (tertiary/aromatic N) is 4. The van der Waals surface area contributed by atoms with Crippen LogP contribution in [0.15, 0.2) is 18.3 Å². The van der Waals surface area contributed by atoms with Crippen molar-refractivity contribution in [3.8, 4) is 0 Å². The second-order valence-corrected chi connectivity index (χ2v) is 4.96. The number of carbonyl (C=O) groups is 1. The molecule has 0 radical (unpaired) electrons. The number of H-pyrrole nitrogens is 1. The fraction of sp³-hybridized carbons (Fsp3) is 0.462. The second-order valence-electron chi connectivity index (χ2n) is 4.96. The van der Waals surface area contributed by atoms with Crippen LogP contribution < -0.4 is 0 Å². The van der Waals surface area contributed by atoms with Crippen LogP contribution in [0.2, 0.25) is 0 Å². The normalized spacial score (nSPS) is 11.0. The zero-order chi connectivity index (χ0) is 14.0. The van der Waals surface area contributed by atoms with Gasteiger partial charge >= 0.3 is 0 Å². The number of rotatable bonds is 4. The van der Waals surface area contributed by atoms with E-state index in [0.717, 1.165) is 11.4 Å². The third kappa shape index (κ3) is 2.83. The van der Waals surface area contributed by atoms with Crippen molar-refractivity contribution >= 4 is 5.91 Å². The summed E-state index contributed by atoms with van der Waals surface area (Å²) in [4.78, 5) is 14.0. The molecular formula is C13H19N5O. The molecule has 0 aliphatic rings. The Hall–Kier alpha value is -2.11. The topological polar surface area (TPSA) is 66.8 Å². The van der Waals surface area contributed by atoms with E-state index >= 15 is 0 Å². The molecule has 1 N–H and O–H groups in total. The van der Waals surface area contributed by atoms with Crippen molar-refractivity contribution < 1.29 is 4.79 Å². The number of aromatic amines is 1. The van der Waals surface area contributed by atoms with Crippen LogP contribution in [0.4, 0.5) is 0 Å². The maximum absolute atomic E-state index is 12.4. The molecule has 2 rings (SSSR count). The van der Waals surface area contributed by atoms with Gasteiger partial charge in [0.05, 0.1) is 12.2 Å². The monoisotopic (exact) mass is 261 g/mol. The molecule has 0 aliphatic heterocycles. The fourth-order valence-electron chi connectivity index (χ4n) is 1.96. The smallest absolute Gasteiger partial charge is 0.272 e. The van der Waals surface area contributed by atoms with Gasteiger partial charge in [-0.3, -0.25) is 14.6 Å². The van der Waals surface area contributed by atoms with Gasteiger partial charge in [0.15, 0.2) is 0 Å². The first-order valence-corrected chi connectivity index (χ1v) is 6.29. The molecule has 0 spiro atoms. The first-order valence-electron chi connectivity index (χ1n) is 6.29. The van der Waals surface area contributed by atoms with Crippen LogP contribution in [-0.4, -0.2) is 37.8 Å². The quantitative estimate of drug-likeness (QED) is 0.912. The van der Waals surface area contributed by atoms with Crippen LogP contribution in [0, 0.1) is 6.92 Å². The van der Waals surface area contributed by atoms with Crippen LogP contribution in [0.3, 0.4) is 0 Å². The number of hydrogen-bond acceptors (Lipinski definition) is 3. The van der Waals surface area contributed by atoms with Gasteiger partial charge in [0, 0.05) is 25.0 Å². The van der Waals surface area contributed by atoms with Gasteiger partial charge < -0.3 is 4.90 Å². The summed E-state index contributed by atoms with van der Waals surface area (Å²) in [6, 6.07) is 3.84. The predicted molar refractivity (Wildman–Crippen MR) is 71.7 cm³/mol. The summed E-state index contributed by atoms with van der Waals surface area (Å²) < 4.78 is 1.73. The van der Waals surface area contributed by atoms with Crippen LogP contribution in [0.5, 0.6) is 0 Å². The van der Waals surface area contributed by atoms with Gasteiger partial charge in [0.1, 0.15) is 5.69 Å². The van der Waals surface area contributed by atoms with Gasteiger partial charge in [0.25, 0.3) is 5.91 Å². The van der Waals surface area contributed by atoms with E-state index in [2.05, 4.69) is 15.3 Å². The highest BCUT2D eigenvalue weighted by Crippen LogP contribution is 2.11. The number of aromatic nitrogens is 4. The number of amides is 1. The molecule has 0 atom stereocenters. The molecule has 1 amide bonds. The molecule has 0 bridgehead atoms. The highest BCUT2D eigenvalue weighted by Gasteiger charge is 2.18. The van der Waals surface area contributed by atoms with Crippen molar-refractivity contribution in [2.24, 2.45) is 0 Å². The average molecular weight is 261 g/mol. The van der Waals surface area contributed by atoms with Crippen LogP contribution in [0.25, 0.3) is 0 Å². The largest absolute Gasteiger partial charge is 0.334 e. The van der Waals surface area contributed by atoms with Crippen molar-refractivity contribution in [1.82, 2.24) is 24.9 Å². The molecule has 6 nitrogen and oxygen atoms in total. The van der Waals surface area contributed by atoms with Crippen LogP contribution >= 0.6 is 0 Å². The summed E-state index contributed by atoms with van der Waals surface area (Å²) in [6.07, 6.45) is 1.65. The van der Waals surface area contributed by atoms with E-state index in [1.54, 1.807) is 28.9 Å². The molecular weight excluding hydrogens is 242 g/mol. The lowest BCUT2D eigenvalue weighted by molar-refractivity contribution is 0.0769. The Labute approximate surface area is 112 Å². The van der Waals surface area contributed by atoms with E-state index in [9.17, 15) is 4.79 Å². The molecule has 19 heavy (non-hydrogen) atoms. The predicted octanol–water partition coefficient (Wildman–Crippen LogP) is 1.77. The minimum absolute atomic E-state index is 0.0492. The van der Waals surface area contributed by atoms with E-state index in [4.69, 9.17) is 0 Å². The number of aryl methyl sites for hydroxylation is 1.